The van der Waals surface area contributed by atoms with E-state index in [0.717, 1.165) is 0 Å². The molecule has 1 aliphatic rings. The van der Waals surface area contributed by atoms with Gasteiger partial charge in [0.2, 0.25) is 0 Å². The smallest absolute Gasteiger partial charge is 0.311 e. The van der Waals surface area contributed by atoms with Gasteiger partial charge in [0, 0.05) is 6.20 Å². The highest BCUT2D eigenvalue weighted by Crippen LogP contribution is 2.10. The van der Waals surface area contributed by atoms with Crippen LogP contribution in [0.3, 0.4) is 0 Å². The Balaban J connectivity index is 2.39. The number of hydrogen-bond donors (Lipinski definition) is 3. The number of carboxylic acids is 2. The van der Waals surface area contributed by atoms with Crippen molar-refractivity contribution in [2.75, 3.05) is 6.61 Å². The lowest BCUT2D eigenvalue weighted by molar-refractivity contribution is -0.139. The number of aliphatic carboxylic acids is 2. The SMILES string of the molecule is O=C(O)CC1=CNC(CC(=O)O)CO1. The summed E-state index contributed by atoms with van der Waals surface area (Å²) in [5.41, 5.74) is 0. The second-order valence-electron chi connectivity index (χ2n) is 2.95. The van der Waals surface area contributed by atoms with Crippen LogP contribution in [0.1, 0.15) is 12.8 Å². The Hall–Kier alpha value is -1.72. The van der Waals surface area contributed by atoms with E-state index in [-0.39, 0.29) is 25.5 Å². The number of rotatable bonds is 4. The normalized spacial score (nSPS) is 20.3. The molecule has 0 aliphatic carbocycles. The monoisotopic (exact) mass is 201 g/mol. The highest BCUT2D eigenvalue weighted by Gasteiger charge is 2.18. The van der Waals surface area contributed by atoms with E-state index in [4.69, 9.17) is 14.9 Å². The summed E-state index contributed by atoms with van der Waals surface area (Å²) in [6, 6.07) is -0.287. The lowest BCUT2D eigenvalue weighted by Crippen LogP contribution is -2.36. The highest BCUT2D eigenvalue weighted by atomic mass is 16.5. The summed E-state index contributed by atoms with van der Waals surface area (Å²) in [6.07, 6.45) is 1.18. The Morgan fingerprint density at radius 3 is 2.64 bits per heavy atom. The molecule has 0 saturated carbocycles. The molecule has 0 radical (unpaired) electrons. The predicted molar refractivity (Wildman–Crippen MR) is 45.5 cm³/mol. The quantitative estimate of drug-likeness (QED) is 0.581. The van der Waals surface area contributed by atoms with Crippen LogP contribution in [0.4, 0.5) is 0 Å². The van der Waals surface area contributed by atoms with E-state index in [1.807, 2.05) is 0 Å². The molecule has 0 bridgehead atoms. The second-order valence-corrected chi connectivity index (χ2v) is 2.95. The van der Waals surface area contributed by atoms with E-state index in [2.05, 4.69) is 5.32 Å². The zero-order chi connectivity index (χ0) is 10.6. The van der Waals surface area contributed by atoms with Crippen LogP contribution >= 0.6 is 0 Å². The van der Waals surface area contributed by atoms with Gasteiger partial charge < -0.3 is 20.3 Å². The van der Waals surface area contributed by atoms with Crippen molar-refractivity contribution >= 4 is 11.9 Å². The molecule has 1 aliphatic heterocycles. The van der Waals surface area contributed by atoms with Crippen LogP contribution in [0, 0.1) is 0 Å². The minimum Gasteiger partial charge on any atom is -0.494 e. The fraction of sp³-hybridized carbons (Fsp3) is 0.500. The van der Waals surface area contributed by atoms with Gasteiger partial charge >= 0.3 is 11.9 Å². The van der Waals surface area contributed by atoms with Crippen LogP contribution < -0.4 is 5.32 Å². The molecule has 1 atom stereocenters. The first-order valence-corrected chi connectivity index (χ1v) is 4.09. The Kier molecular flexibility index (Phi) is 3.33. The Bertz CT molecular complexity index is 273. The molecule has 1 rings (SSSR count). The molecule has 14 heavy (non-hydrogen) atoms. The molecule has 6 heteroatoms. The zero-order valence-electron chi connectivity index (χ0n) is 7.40. The van der Waals surface area contributed by atoms with Crippen molar-refractivity contribution in [3.63, 3.8) is 0 Å². The molecule has 0 aromatic heterocycles. The lowest BCUT2D eigenvalue weighted by atomic mass is 10.2. The fourth-order valence-corrected chi connectivity index (χ4v) is 1.09. The molecule has 6 nitrogen and oxygen atoms in total. The van der Waals surface area contributed by atoms with Crippen LogP contribution in [-0.2, 0) is 14.3 Å². The molecular weight excluding hydrogens is 190 g/mol. The minimum atomic E-state index is -0.977. The first kappa shape index (κ1) is 10.4. The molecule has 1 unspecified atom stereocenters. The van der Waals surface area contributed by atoms with Crippen molar-refractivity contribution in [2.45, 2.75) is 18.9 Å². The van der Waals surface area contributed by atoms with Gasteiger partial charge in [0.05, 0.1) is 12.5 Å². The van der Waals surface area contributed by atoms with Gasteiger partial charge in [-0.05, 0) is 0 Å². The van der Waals surface area contributed by atoms with Crippen molar-refractivity contribution in [1.82, 2.24) is 5.32 Å². The summed E-state index contributed by atoms with van der Waals surface area (Å²) < 4.78 is 5.06. The van der Waals surface area contributed by atoms with E-state index in [9.17, 15) is 9.59 Å². The summed E-state index contributed by atoms with van der Waals surface area (Å²) in [6.45, 7) is 0.186. The Labute approximate surface area is 80.2 Å². The van der Waals surface area contributed by atoms with Crippen molar-refractivity contribution in [2.24, 2.45) is 0 Å². The van der Waals surface area contributed by atoms with E-state index >= 15 is 0 Å². The topological polar surface area (TPSA) is 95.9 Å². The summed E-state index contributed by atoms with van der Waals surface area (Å²) in [5, 5.41) is 19.7. The third-order valence-corrected chi connectivity index (χ3v) is 1.70. The standard InChI is InChI=1S/C8H11NO5/c10-7(11)1-5-4-14-6(3-9-5)2-8(12)13/h3,5,9H,1-2,4H2,(H,10,11)(H,12,13). The van der Waals surface area contributed by atoms with Crippen LogP contribution in [-0.4, -0.2) is 34.8 Å². The van der Waals surface area contributed by atoms with E-state index < -0.39 is 11.9 Å². The van der Waals surface area contributed by atoms with Crippen molar-refractivity contribution in [1.29, 1.82) is 0 Å². The first-order chi connectivity index (χ1) is 6.58. The van der Waals surface area contributed by atoms with Gasteiger partial charge in [0.25, 0.3) is 0 Å². The van der Waals surface area contributed by atoms with E-state index in [1.54, 1.807) is 0 Å². The van der Waals surface area contributed by atoms with Gasteiger partial charge in [-0.3, -0.25) is 9.59 Å². The fourth-order valence-electron chi connectivity index (χ4n) is 1.09. The maximum absolute atomic E-state index is 10.3. The van der Waals surface area contributed by atoms with Crippen molar-refractivity contribution < 1.29 is 24.5 Å². The molecule has 78 valence electrons. The average Bonchev–Trinajstić information content (AvgIpc) is 2.06. The van der Waals surface area contributed by atoms with Crippen LogP contribution in [0.15, 0.2) is 12.0 Å². The van der Waals surface area contributed by atoms with E-state index in [1.165, 1.54) is 6.20 Å². The first-order valence-electron chi connectivity index (χ1n) is 4.09. The molecule has 0 fully saturated rings. The summed E-state index contributed by atoms with van der Waals surface area (Å²) in [4.78, 5) is 20.6. The minimum absolute atomic E-state index is 0.0448. The number of carboxylic acid groups (broad SMARTS) is 2. The molecule has 0 spiro atoms. The van der Waals surface area contributed by atoms with Gasteiger partial charge in [-0.1, -0.05) is 0 Å². The maximum Gasteiger partial charge on any atom is 0.311 e. The van der Waals surface area contributed by atoms with Gasteiger partial charge in [0.1, 0.15) is 18.8 Å². The van der Waals surface area contributed by atoms with Gasteiger partial charge in [0.15, 0.2) is 0 Å². The molecule has 0 aromatic rings. The second kappa shape index (κ2) is 4.50. The number of nitrogens with one attached hydrogen (secondary N) is 1. The third kappa shape index (κ3) is 3.34. The van der Waals surface area contributed by atoms with Crippen molar-refractivity contribution in [3.8, 4) is 0 Å². The van der Waals surface area contributed by atoms with E-state index in [0.29, 0.717) is 5.76 Å². The zero-order valence-corrected chi connectivity index (χ0v) is 7.40. The largest absolute Gasteiger partial charge is 0.494 e. The predicted octanol–water partition coefficient (Wildman–Crippen LogP) is -0.234. The summed E-state index contributed by atoms with van der Waals surface area (Å²) in [5.74, 6) is -1.57. The molecule has 0 amide bonds. The van der Waals surface area contributed by atoms with Crippen LogP contribution in [0.2, 0.25) is 0 Å². The summed E-state index contributed by atoms with van der Waals surface area (Å²) in [7, 11) is 0. The van der Waals surface area contributed by atoms with Gasteiger partial charge in [-0.2, -0.15) is 0 Å². The van der Waals surface area contributed by atoms with Gasteiger partial charge in [-0.25, -0.2) is 0 Å². The summed E-state index contributed by atoms with van der Waals surface area (Å²) >= 11 is 0. The lowest BCUT2D eigenvalue weighted by Gasteiger charge is -2.22. The molecule has 1 heterocycles. The number of carbonyl (C=O) groups is 2. The number of ether oxygens (including phenoxy) is 1. The average molecular weight is 201 g/mol. The van der Waals surface area contributed by atoms with Crippen molar-refractivity contribution in [3.05, 3.63) is 12.0 Å². The Morgan fingerprint density at radius 1 is 1.50 bits per heavy atom. The van der Waals surface area contributed by atoms with Gasteiger partial charge in [-0.15, -0.1) is 0 Å². The molecule has 0 saturated heterocycles. The maximum atomic E-state index is 10.3. The molecule has 0 aromatic carbocycles. The number of hydrogen-bond acceptors (Lipinski definition) is 4. The van der Waals surface area contributed by atoms with Crippen LogP contribution in [0.25, 0.3) is 0 Å². The third-order valence-electron chi connectivity index (χ3n) is 1.70. The highest BCUT2D eigenvalue weighted by molar-refractivity contribution is 5.69. The Morgan fingerprint density at radius 2 is 2.21 bits per heavy atom. The molecular formula is C8H11NO5. The molecule has 3 N–H and O–H groups in total. The van der Waals surface area contributed by atoms with Crippen LogP contribution in [0.5, 0.6) is 0 Å².